The van der Waals surface area contributed by atoms with E-state index in [4.69, 9.17) is 24.3 Å². The summed E-state index contributed by atoms with van der Waals surface area (Å²) in [6, 6.07) is 7.22. The van der Waals surface area contributed by atoms with E-state index in [1.54, 1.807) is 51.1 Å². The van der Waals surface area contributed by atoms with Crippen LogP contribution in [0.25, 0.3) is 11.2 Å². The van der Waals surface area contributed by atoms with Crippen molar-refractivity contribution in [3.8, 4) is 5.75 Å². The Balaban J connectivity index is 1.59. The molecule has 0 amide bonds. The molecule has 1 aliphatic rings. The summed E-state index contributed by atoms with van der Waals surface area (Å²) in [5, 5.41) is 24.4. The van der Waals surface area contributed by atoms with Crippen molar-refractivity contribution in [1.29, 1.82) is 0 Å². The predicted octanol–water partition coefficient (Wildman–Crippen LogP) is 1.94. The second-order valence-corrected chi connectivity index (χ2v) is 11.0. The molecule has 0 spiro atoms. The third kappa shape index (κ3) is 6.38. The number of aliphatic hydroxyl groups excluding tert-OH is 2. The molecule has 0 bridgehead atoms. The van der Waals surface area contributed by atoms with Crippen LogP contribution >= 0.6 is 7.75 Å². The fourth-order valence-corrected chi connectivity index (χ4v) is 5.91. The van der Waals surface area contributed by atoms with Gasteiger partial charge in [0.2, 0.25) is 0 Å². The fraction of sp³-hybridized carbons (Fsp3) is 0.500. The normalized spacial score (nSPS) is 24.4. The highest BCUT2D eigenvalue weighted by Crippen LogP contribution is 2.48. The summed E-state index contributed by atoms with van der Waals surface area (Å²) in [6.45, 7) is 6.58. The van der Waals surface area contributed by atoms with Crippen LogP contribution in [0, 0.1) is 0 Å². The highest BCUT2D eigenvalue weighted by atomic mass is 31.2. The van der Waals surface area contributed by atoms with Gasteiger partial charge in [0.15, 0.2) is 17.7 Å². The lowest BCUT2D eigenvalue weighted by Crippen LogP contribution is -2.42. The summed E-state index contributed by atoms with van der Waals surface area (Å²) in [5.41, 5.74) is 6.47. The van der Waals surface area contributed by atoms with Gasteiger partial charge in [0, 0.05) is 0 Å². The number of hydrogen-bond donors (Lipinski definition) is 4. The topological polar surface area (TPSA) is 193 Å². The average Bonchev–Trinajstić information content (AvgIpc) is 3.44. The number of aromatic nitrogens is 4. The smallest absolute Gasteiger partial charge is 0.459 e. The first-order valence-corrected chi connectivity index (χ1v) is 14.0. The van der Waals surface area contributed by atoms with E-state index in [1.807, 2.05) is 0 Å². The van der Waals surface area contributed by atoms with Crippen LogP contribution in [0.1, 0.15) is 40.3 Å². The van der Waals surface area contributed by atoms with Crippen LogP contribution in [0.4, 0.5) is 5.82 Å². The Kier molecular flexibility index (Phi) is 8.84. The Morgan fingerprint density at radius 3 is 2.56 bits per heavy atom. The number of aliphatic hydroxyl groups is 2. The first kappa shape index (κ1) is 28.9. The summed E-state index contributed by atoms with van der Waals surface area (Å²) < 4.78 is 38.3. The first-order valence-electron chi connectivity index (χ1n) is 12.5. The molecular formula is C24H33N6O8P. The zero-order valence-electron chi connectivity index (χ0n) is 21.9. The standard InChI is InChI=1S/C24H33N6O8P/c1-5-16(20-18(31)19(32)23(36-20)30-12-28-17-21(25)26-11-27-22(17)30)38-39(34,37-15-9-7-6-8-10-15)29-14(4)24(33)35-13(2)3/h6-14,16,18-20,23,31-32H,5H2,1-4H3,(H,29,34)(H2,25,26,27)/t14-,16-,18-,19+,20+,23+,39?/m0/s1. The highest BCUT2D eigenvalue weighted by Gasteiger charge is 2.50. The quantitative estimate of drug-likeness (QED) is 0.195. The number of hydrogen-bond acceptors (Lipinski definition) is 12. The van der Waals surface area contributed by atoms with Crippen LogP contribution in [-0.2, 0) is 23.4 Å². The molecule has 14 nitrogen and oxygen atoms in total. The van der Waals surface area contributed by atoms with Gasteiger partial charge in [0.1, 0.15) is 41.9 Å². The Morgan fingerprint density at radius 1 is 1.18 bits per heavy atom. The lowest BCUT2D eigenvalue weighted by Gasteiger charge is -2.30. The maximum Gasteiger partial charge on any atom is 0.459 e. The molecule has 1 aliphatic heterocycles. The van der Waals surface area contributed by atoms with Crippen LogP contribution in [0.15, 0.2) is 43.0 Å². The van der Waals surface area contributed by atoms with Gasteiger partial charge in [-0.2, -0.15) is 5.09 Å². The molecule has 7 atom stereocenters. The number of imidazole rings is 1. The lowest BCUT2D eigenvalue weighted by molar-refractivity contribution is -0.149. The van der Waals surface area contributed by atoms with Gasteiger partial charge in [-0.3, -0.25) is 13.9 Å². The third-order valence-electron chi connectivity index (χ3n) is 6.01. The number of carbonyl (C=O) groups excluding carboxylic acids is 1. The van der Waals surface area contributed by atoms with Crippen molar-refractivity contribution in [3.05, 3.63) is 43.0 Å². The molecule has 212 valence electrons. The molecule has 39 heavy (non-hydrogen) atoms. The molecule has 1 saturated heterocycles. The predicted molar refractivity (Wildman–Crippen MR) is 139 cm³/mol. The lowest BCUT2D eigenvalue weighted by atomic mass is 10.0. The number of ether oxygens (including phenoxy) is 2. The largest absolute Gasteiger partial charge is 0.462 e. The van der Waals surface area contributed by atoms with Crippen molar-refractivity contribution in [2.45, 2.75) is 76.9 Å². The minimum atomic E-state index is -4.27. The van der Waals surface area contributed by atoms with Gasteiger partial charge in [0.05, 0.1) is 18.5 Å². The molecule has 2 aromatic heterocycles. The minimum Gasteiger partial charge on any atom is -0.462 e. The first-order chi connectivity index (χ1) is 18.5. The van der Waals surface area contributed by atoms with E-state index in [9.17, 15) is 19.6 Å². The summed E-state index contributed by atoms with van der Waals surface area (Å²) in [6.07, 6.45) is -3.71. The number of carbonyl (C=O) groups is 1. The summed E-state index contributed by atoms with van der Waals surface area (Å²) >= 11 is 0. The van der Waals surface area contributed by atoms with Crippen molar-refractivity contribution >= 4 is 30.7 Å². The van der Waals surface area contributed by atoms with Gasteiger partial charge in [-0.25, -0.2) is 19.5 Å². The van der Waals surface area contributed by atoms with Gasteiger partial charge in [0.25, 0.3) is 0 Å². The maximum atomic E-state index is 14.0. The molecule has 0 radical (unpaired) electrons. The van der Waals surface area contributed by atoms with E-state index >= 15 is 0 Å². The molecule has 0 aliphatic carbocycles. The van der Waals surface area contributed by atoms with Crippen molar-refractivity contribution in [2.24, 2.45) is 0 Å². The number of benzene rings is 1. The third-order valence-corrected chi connectivity index (χ3v) is 7.71. The summed E-state index contributed by atoms with van der Waals surface area (Å²) in [4.78, 5) is 24.7. The van der Waals surface area contributed by atoms with Crippen LogP contribution in [0.5, 0.6) is 5.75 Å². The molecule has 4 rings (SSSR count). The van der Waals surface area contributed by atoms with Gasteiger partial charge < -0.3 is 29.9 Å². The Morgan fingerprint density at radius 2 is 1.90 bits per heavy atom. The second-order valence-electron chi connectivity index (χ2n) is 9.35. The number of nitrogens with zero attached hydrogens (tertiary/aromatic N) is 4. The number of nitrogens with one attached hydrogen (secondary N) is 1. The number of esters is 1. The molecule has 3 aromatic rings. The van der Waals surface area contributed by atoms with E-state index in [1.165, 1.54) is 24.1 Å². The molecule has 1 aromatic carbocycles. The second kappa shape index (κ2) is 11.9. The number of rotatable bonds is 11. The van der Waals surface area contributed by atoms with Crippen LogP contribution in [0.2, 0.25) is 0 Å². The van der Waals surface area contributed by atoms with E-state index in [-0.39, 0.29) is 24.1 Å². The average molecular weight is 565 g/mol. The molecule has 1 fully saturated rings. The Hall–Kier alpha value is -3.13. The van der Waals surface area contributed by atoms with E-state index in [2.05, 4.69) is 20.0 Å². The zero-order chi connectivity index (χ0) is 28.3. The summed E-state index contributed by atoms with van der Waals surface area (Å²) in [7, 11) is -4.27. The monoisotopic (exact) mass is 564 g/mol. The molecule has 0 saturated carbocycles. The van der Waals surface area contributed by atoms with Crippen LogP contribution in [-0.4, -0.2) is 72.3 Å². The number of nitrogen functional groups attached to an aromatic ring is 1. The SMILES string of the molecule is CC[C@H](OP(=O)(N[C@@H](C)C(=O)OC(C)C)Oc1ccccc1)[C@H]1O[C@@H](n2cnc3c(N)ncnc32)[C@H](O)[C@@H]1O. The van der Waals surface area contributed by atoms with E-state index in [0.717, 1.165) is 0 Å². The van der Waals surface area contributed by atoms with Crippen LogP contribution < -0.4 is 15.3 Å². The molecule has 3 heterocycles. The number of fused-ring (bicyclic) bond motifs is 1. The Bertz CT molecular complexity index is 1320. The van der Waals surface area contributed by atoms with Gasteiger partial charge in [-0.1, -0.05) is 25.1 Å². The van der Waals surface area contributed by atoms with Crippen molar-refractivity contribution in [1.82, 2.24) is 24.6 Å². The van der Waals surface area contributed by atoms with Gasteiger partial charge in [-0.15, -0.1) is 0 Å². The van der Waals surface area contributed by atoms with E-state index < -0.39 is 50.4 Å². The van der Waals surface area contributed by atoms with Crippen LogP contribution in [0.3, 0.4) is 0 Å². The van der Waals surface area contributed by atoms with Crippen molar-refractivity contribution in [3.63, 3.8) is 0 Å². The van der Waals surface area contributed by atoms with E-state index in [0.29, 0.717) is 11.2 Å². The molecule has 5 N–H and O–H groups in total. The molecule has 15 heteroatoms. The number of para-hydroxylation sites is 1. The van der Waals surface area contributed by atoms with Gasteiger partial charge >= 0.3 is 13.7 Å². The molecular weight excluding hydrogens is 531 g/mol. The number of nitrogens with two attached hydrogens (primary N) is 1. The van der Waals surface area contributed by atoms with Gasteiger partial charge in [-0.05, 0) is 39.3 Å². The number of anilines is 1. The minimum absolute atomic E-state index is 0.147. The summed E-state index contributed by atoms with van der Waals surface area (Å²) in [5.74, 6) is -0.284. The Labute approximate surface area is 225 Å². The fourth-order valence-electron chi connectivity index (χ4n) is 4.15. The zero-order valence-corrected chi connectivity index (χ0v) is 22.8. The van der Waals surface area contributed by atoms with Crippen molar-refractivity contribution < 1.29 is 38.1 Å². The van der Waals surface area contributed by atoms with Crippen molar-refractivity contribution in [2.75, 3.05) is 5.73 Å². The molecule has 1 unspecified atom stereocenters. The maximum absolute atomic E-state index is 14.0. The highest BCUT2D eigenvalue weighted by molar-refractivity contribution is 7.52.